The molecule has 2 aliphatic rings. The minimum absolute atomic E-state index is 0.0170. The zero-order valence-corrected chi connectivity index (χ0v) is 17.0. The first-order valence-corrected chi connectivity index (χ1v) is 10.4. The Kier molecular flexibility index (Phi) is 7.65. The Morgan fingerprint density at radius 2 is 2.07 bits per heavy atom. The van der Waals surface area contributed by atoms with Crippen LogP contribution in [0.5, 0.6) is 0 Å². The maximum absolute atomic E-state index is 13.1. The van der Waals surface area contributed by atoms with Crippen LogP contribution in [0.25, 0.3) is 0 Å². The van der Waals surface area contributed by atoms with Crippen molar-refractivity contribution in [1.82, 2.24) is 5.32 Å². The van der Waals surface area contributed by atoms with E-state index in [0.717, 1.165) is 31.4 Å². The molecule has 5 heteroatoms. The predicted molar refractivity (Wildman–Crippen MR) is 108 cm³/mol. The molecule has 0 saturated carbocycles. The van der Waals surface area contributed by atoms with E-state index in [0.29, 0.717) is 13.2 Å². The van der Waals surface area contributed by atoms with Gasteiger partial charge < -0.3 is 19.9 Å². The van der Waals surface area contributed by atoms with Crippen molar-refractivity contribution in [2.45, 2.75) is 45.9 Å². The third-order valence-electron chi connectivity index (χ3n) is 6.20. The Balaban J connectivity index is 1.69. The molecule has 2 N–H and O–H groups in total. The number of rotatable bonds is 7. The molecule has 0 radical (unpaired) electrons. The number of allylic oxidation sites excluding steroid dienone is 1. The second-order valence-electron chi connectivity index (χ2n) is 8.07. The summed E-state index contributed by atoms with van der Waals surface area (Å²) in [4.78, 5) is 13.1. The molecule has 5 atom stereocenters. The molecule has 1 aliphatic heterocycles. The minimum atomic E-state index is -0.309. The van der Waals surface area contributed by atoms with E-state index in [1.54, 1.807) is 0 Å². The van der Waals surface area contributed by atoms with Gasteiger partial charge in [0.25, 0.3) is 0 Å². The fraction of sp³-hybridized carbons (Fsp3) is 0.609. The van der Waals surface area contributed by atoms with Crippen molar-refractivity contribution in [3.05, 3.63) is 47.5 Å². The van der Waals surface area contributed by atoms with E-state index >= 15 is 0 Å². The van der Waals surface area contributed by atoms with E-state index in [1.165, 1.54) is 5.57 Å². The van der Waals surface area contributed by atoms with Gasteiger partial charge in [0.2, 0.25) is 5.91 Å². The highest BCUT2D eigenvalue weighted by Crippen LogP contribution is 2.39. The monoisotopic (exact) mass is 387 g/mol. The molecule has 1 saturated heterocycles. The van der Waals surface area contributed by atoms with Gasteiger partial charge in [0.15, 0.2) is 6.29 Å². The predicted octanol–water partition coefficient (Wildman–Crippen LogP) is 3.28. The second-order valence-corrected chi connectivity index (χ2v) is 8.07. The third-order valence-corrected chi connectivity index (χ3v) is 6.20. The molecule has 28 heavy (non-hydrogen) atoms. The van der Waals surface area contributed by atoms with Crippen LogP contribution in [0, 0.1) is 23.7 Å². The lowest BCUT2D eigenvalue weighted by atomic mass is 9.68. The fourth-order valence-electron chi connectivity index (χ4n) is 4.33. The van der Waals surface area contributed by atoms with Crippen LogP contribution in [0.15, 0.2) is 42.0 Å². The van der Waals surface area contributed by atoms with Crippen LogP contribution in [0.2, 0.25) is 0 Å². The Morgan fingerprint density at radius 1 is 1.29 bits per heavy atom. The lowest BCUT2D eigenvalue weighted by Gasteiger charge is -2.40. The molecule has 1 unspecified atom stereocenters. The van der Waals surface area contributed by atoms with E-state index in [1.807, 2.05) is 30.3 Å². The van der Waals surface area contributed by atoms with E-state index < -0.39 is 0 Å². The van der Waals surface area contributed by atoms with Gasteiger partial charge in [-0.25, -0.2) is 0 Å². The Hall–Kier alpha value is -1.69. The SMILES string of the molecule is CC1=C[C@H](CO)[C@H](C(=O)NCc2ccccc2)[C@H](COC2CCCCO2)[C@@H]1C. The summed E-state index contributed by atoms with van der Waals surface area (Å²) in [5.74, 6) is -0.275. The first-order chi connectivity index (χ1) is 13.6. The molecule has 5 nitrogen and oxygen atoms in total. The maximum Gasteiger partial charge on any atom is 0.224 e. The quantitative estimate of drug-likeness (QED) is 0.705. The van der Waals surface area contributed by atoms with Gasteiger partial charge in [-0.2, -0.15) is 0 Å². The van der Waals surface area contributed by atoms with Crippen LogP contribution in [-0.4, -0.2) is 37.1 Å². The van der Waals surface area contributed by atoms with Gasteiger partial charge in [0, 0.05) is 25.0 Å². The average molecular weight is 388 g/mol. The number of aliphatic hydroxyl groups excluding tert-OH is 1. The molecule has 1 aromatic carbocycles. The lowest BCUT2D eigenvalue weighted by molar-refractivity contribution is -0.177. The van der Waals surface area contributed by atoms with Crippen molar-refractivity contribution in [2.75, 3.05) is 19.8 Å². The number of hydrogen-bond donors (Lipinski definition) is 2. The van der Waals surface area contributed by atoms with Crippen molar-refractivity contribution < 1.29 is 19.4 Å². The molecule has 1 aliphatic carbocycles. The van der Waals surface area contributed by atoms with Crippen LogP contribution >= 0.6 is 0 Å². The summed E-state index contributed by atoms with van der Waals surface area (Å²) in [6.45, 7) is 5.89. The molecule has 154 valence electrons. The van der Waals surface area contributed by atoms with Crippen molar-refractivity contribution in [2.24, 2.45) is 23.7 Å². The van der Waals surface area contributed by atoms with Gasteiger partial charge in [0.05, 0.1) is 19.1 Å². The molecule has 1 fully saturated rings. The first kappa shape index (κ1) is 21.0. The lowest BCUT2D eigenvalue weighted by Crippen LogP contribution is -2.46. The number of nitrogens with one attached hydrogen (secondary N) is 1. The van der Waals surface area contributed by atoms with Gasteiger partial charge in [0.1, 0.15) is 0 Å². The highest BCUT2D eigenvalue weighted by molar-refractivity contribution is 5.80. The average Bonchev–Trinajstić information content (AvgIpc) is 2.74. The maximum atomic E-state index is 13.1. The van der Waals surface area contributed by atoms with Crippen LogP contribution in [0.3, 0.4) is 0 Å². The largest absolute Gasteiger partial charge is 0.396 e. The number of hydrogen-bond acceptors (Lipinski definition) is 4. The summed E-state index contributed by atoms with van der Waals surface area (Å²) < 4.78 is 11.8. The van der Waals surface area contributed by atoms with Crippen LogP contribution in [0.1, 0.15) is 38.7 Å². The number of ether oxygens (including phenoxy) is 2. The van der Waals surface area contributed by atoms with Crippen LogP contribution < -0.4 is 5.32 Å². The second kappa shape index (κ2) is 10.2. The van der Waals surface area contributed by atoms with Crippen LogP contribution in [0.4, 0.5) is 0 Å². The summed E-state index contributed by atoms with van der Waals surface area (Å²) in [6, 6.07) is 9.89. The molecule has 1 heterocycles. The molecule has 1 aromatic rings. The van der Waals surface area contributed by atoms with E-state index in [-0.39, 0.29) is 42.5 Å². The van der Waals surface area contributed by atoms with Crippen molar-refractivity contribution in [3.8, 4) is 0 Å². The van der Waals surface area contributed by atoms with Crippen LogP contribution in [-0.2, 0) is 20.8 Å². The van der Waals surface area contributed by atoms with Gasteiger partial charge >= 0.3 is 0 Å². The molecular weight excluding hydrogens is 354 g/mol. The molecule has 0 bridgehead atoms. The number of carbonyl (C=O) groups excluding carboxylic acids is 1. The zero-order chi connectivity index (χ0) is 19.9. The summed E-state index contributed by atoms with van der Waals surface area (Å²) in [5.41, 5.74) is 2.28. The van der Waals surface area contributed by atoms with Crippen molar-refractivity contribution >= 4 is 5.91 Å². The fourth-order valence-corrected chi connectivity index (χ4v) is 4.33. The molecule has 3 rings (SSSR count). The Labute approximate surface area is 168 Å². The van der Waals surface area contributed by atoms with E-state index in [4.69, 9.17) is 9.47 Å². The Morgan fingerprint density at radius 3 is 2.75 bits per heavy atom. The van der Waals surface area contributed by atoms with E-state index in [2.05, 4.69) is 25.2 Å². The summed E-state index contributed by atoms with van der Waals surface area (Å²) >= 11 is 0. The van der Waals surface area contributed by atoms with Crippen molar-refractivity contribution in [3.63, 3.8) is 0 Å². The summed E-state index contributed by atoms with van der Waals surface area (Å²) in [7, 11) is 0. The molecule has 0 aromatic heterocycles. The number of aliphatic hydroxyl groups is 1. The van der Waals surface area contributed by atoms with Gasteiger partial charge in [-0.1, -0.05) is 48.9 Å². The highest BCUT2D eigenvalue weighted by Gasteiger charge is 2.41. The highest BCUT2D eigenvalue weighted by atomic mass is 16.7. The van der Waals surface area contributed by atoms with Gasteiger partial charge in [-0.3, -0.25) is 4.79 Å². The molecular formula is C23H33NO4. The molecule has 1 amide bonds. The number of carbonyl (C=O) groups is 1. The van der Waals surface area contributed by atoms with Gasteiger partial charge in [-0.05, 0) is 37.7 Å². The normalized spacial score (nSPS) is 30.5. The standard InChI is InChI=1S/C23H33NO4/c1-16-12-19(14-25)22(23(26)24-13-18-8-4-3-5-9-18)20(17(16)2)15-28-21-10-6-7-11-27-21/h3-5,8-9,12,17,19-22,25H,6-7,10-11,13-15H2,1-2H3,(H,24,26)/t17-,19-,20-,21?,22+/m1/s1. The smallest absolute Gasteiger partial charge is 0.224 e. The number of benzene rings is 1. The zero-order valence-electron chi connectivity index (χ0n) is 17.0. The first-order valence-electron chi connectivity index (χ1n) is 10.4. The summed E-state index contributed by atoms with van der Waals surface area (Å²) in [6.07, 6.45) is 4.99. The topological polar surface area (TPSA) is 67.8 Å². The van der Waals surface area contributed by atoms with Crippen molar-refractivity contribution in [1.29, 1.82) is 0 Å². The third kappa shape index (κ3) is 5.22. The Bertz CT molecular complexity index is 654. The number of amides is 1. The van der Waals surface area contributed by atoms with E-state index in [9.17, 15) is 9.90 Å². The summed E-state index contributed by atoms with van der Waals surface area (Å²) in [5, 5.41) is 13.0. The van der Waals surface area contributed by atoms with Gasteiger partial charge in [-0.15, -0.1) is 0 Å². The molecule has 0 spiro atoms. The minimum Gasteiger partial charge on any atom is -0.396 e.